The largest absolute Gasteiger partial charge is 0.419 e. The van der Waals surface area contributed by atoms with Gasteiger partial charge >= 0.3 is 6.18 Å². The van der Waals surface area contributed by atoms with E-state index in [1.54, 1.807) is 4.90 Å². The van der Waals surface area contributed by atoms with Crippen molar-refractivity contribution in [3.63, 3.8) is 0 Å². The molecule has 0 saturated carbocycles. The van der Waals surface area contributed by atoms with Crippen LogP contribution in [-0.2, 0) is 15.8 Å². The number of alkyl halides is 3. The van der Waals surface area contributed by atoms with Gasteiger partial charge in [0.05, 0.1) is 11.5 Å². The number of piperidine rings is 1. The highest BCUT2D eigenvalue weighted by atomic mass is 19.4. The van der Waals surface area contributed by atoms with E-state index in [4.69, 9.17) is 0 Å². The van der Waals surface area contributed by atoms with Crippen molar-refractivity contribution in [1.29, 1.82) is 0 Å². The maximum atomic E-state index is 13.3. The molecule has 3 rings (SSSR count). The van der Waals surface area contributed by atoms with Crippen molar-refractivity contribution in [2.24, 2.45) is 11.8 Å². The lowest BCUT2D eigenvalue weighted by atomic mass is 9.96. The van der Waals surface area contributed by atoms with Gasteiger partial charge in [-0.1, -0.05) is 6.92 Å². The van der Waals surface area contributed by atoms with E-state index >= 15 is 0 Å². The summed E-state index contributed by atoms with van der Waals surface area (Å²) in [7, 11) is 0. The Kier molecular flexibility index (Phi) is 6.64. The third kappa shape index (κ3) is 5.39. The Bertz CT molecular complexity index is 741. The van der Waals surface area contributed by atoms with Gasteiger partial charge in [0.2, 0.25) is 11.8 Å². The SMILES string of the molecule is CC(CNC(=O)C1CCCN(c2ncccc2C(F)(F)F)C1)CN1CCCC1=O. The molecule has 2 amide bonds. The topological polar surface area (TPSA) is 65.5 Å². The van der Waals surface area contributed by atoms with Crippen LogP contribution in [0, 0.1) is 11.8 Å². The van der Waals surface area contributed by atoms with Gasteiger partial charge in [-0.05, 0) is 37.3 Å². The summed E-state index contributed by atoms with van der Waals surface area (Å²) in [5, 5.41) is 2.91. The van der Waals surface area contributed by atoms with Crippen LogP contribution in [0.3, 0.4) is 0 Å². The third-order valence-electron chi connectivity index (χ3n) is 5.51. The van der Waals surface area contributed by atoms with Crippen LogP contribution in [0.2, 0.25) is 0 Å². The van der Waals surface area contributed by atoms with E-state index in [0.29, 0.717) is 38.9 Å². The zero-order valence-electron chi connectivity index (χ0n) is 16.5. The van der Waals surface area contributed by atoms with E-state index < -0.39 is 11.7 Å². The van der Waals surface area contributed by atoms with Crippen LogP contribution in [0.15, 0.2) is 18.3 Å². The van der Waals surface area contributed by atoms with E-state index in [2.05, 4.69) is 10.3 Å². The quantitative estimate of drug-likeness (QED) is 0.780. The number of hydrogen-bond acceptors (Lipinski definition) is 4. The first kappa shape index (κ1) is 21.4. The van der Waals surface area contributed by atoms with Gasteiger partial charge in [0.25, 0.3) is 0 Å². The van der Waals surface area contributed by atoms with E-state index in [0.717, 1.165) is 19.0 Å². The minimum absolute atomic E-state index is 0.113. The second kappa shape index (κ2) is 9.00. The molecule has 1 aromatic heterocycles. The van der Waals surface area contributed by atoms with Crippen LogP contribution in [0.25, 0.3) is 0 Å². The molecule has 6 nitrogen and oxygen atoms in total. The Labute approximate surface area is 168 Å². The van der Waals surface area contributed by atoms with Crippen molar-refractivity contribution < 1.29 is 22.8 Å². The van der Waals surface area contributed by atoms with Crippen molar-refractivity contribution in [2.45, 2.75) is 38.8 Å². The average molecular weight is 412 g/mol. The summed E-state index contributed by atoms with van der Waals surface area (Å²) in [6.07, 6.45) is -0.413. The van der Waals surface area contributed by atoms with Crippen molar-refractivity contribution in [1.82, 2.24) is 15.2 Å². The molecule has 2 fully saturated rings. The van der Waals surface area contributed by atoms with Crippen LogP contribution < -0.4 is 10.2 Å². The third-order valence-corrected chi connectivity index (χ3v) is 5.51. The highest BCUT2D eigenvalue weighted by Crippen LogP contribution is 2.36. The molecular formula is C20H27F3N4O2. The Morgan fingerprint density at radius 3 is 2.83 bits per heavy atom. The van der Waals surface area contributed by atoms with E-state index in [-0.39, 0.29) is 36.0 Å². The Morgan fingerprint density at radius 2 is 2.14 bits per heavy atom. The number of rotatable bonds is 6. The van der Waals surface area contributed by atoms with Gasteiger partial charge in [0, 0.05) is 45.3 Å². The molecule has 2 saturated heterocycles. The smallest absolute Gasteiger partial charge is 0.355 e. The second-order valence-electron chi connectivity index (χ2n) is 7.95. The van der Waals surface area contributed by atoms with Gasteiger partial charge in [0.15, 0.2) is 0 Å². The standard InChI is InChI=1S/C20H27F3N4O2/c1-14(12-26-9-4-7-17(26)28)11-25-19(29)15-5-3-10-27(13-15)18-16(20(21,22)23)6-2-8-24-18/h2,6,8,14-15H,3-5,7,9-13H2,1H3,(H,25,29). The number of hydrogen-bond donors (Lipinski definition) is 1. The van der Waals surface area contributed by atoms with E-state index in [1.165, 1.54) is 12.3 Å². The molecule has 2 unspecified atom stereocenters. The van der Waals surface area contributed by atoms with Crippen LogP contribution in [0.1, 0.15) is 38.2 Å². The number of pyridine rings is 1. The Hall–Kier alpha value is -2.32. The maximum absolute atomic E-state index is 13.3. The fraction of sp³-hybridized carbons (Fsp3) is 0.650. The average Bonchev–Trinajstić information content (AvgIpc) is 3.10. The van der Waals surface area contributed by atoms with Crippen LogP contribution in [-0.4, -0.2) is 54.4 Å². The molecule has 2 aliphatic rings. The molecule has 1 N–H and O–H groups in total. The molecule has 0 aromatic carbocycles. The first-order valence-corrected chi connectivity index (χ1v) is 10.1. The molecule has 0 bridgehead atoms. The molecule has 2 atom stereocenters. The van der Waals surface area contributed by atoms with Crippen LogP contribution in [0.4, 0.5) is 19.0 Å². The van der Waals surface area contributed by atoms with Gasteiger partial charge in [-0.3, -0.25) is 9.59 Å². The predicted molar refractivity (Wildman–Crippen MR) is 102 cm³/mol. The second-order valence-corrected chi connectivity index (χ2v) is 7.95. The number of likely N-dealkylation sites (tertiary alicyclic amines) is 1. The number of carbonyl (C=O) groups excluding carboxylic acids is 2. The first-order valence-electron chi connectivity index (χ1n) is 10.1. The highest BCUT2D eigenvalue weighted by Gasteiger charge is 2.37. The minimum atomic E-state index is -4.48. The van der Waals surface area contributed by atoms with Gasteiger partial charge in [-0.15, -0.1) is 0 Å². The molecule has 3 heterocycles. The lowest BCUT2D eigenvalue weighted by Gasteiger charge is -2.34. The molecule has 0 aliphatic carbocycles. The fourth-order valence-electron chi connectivity index (χ4n) is 4.01. The summed E-state index contributed by atoms with van der Waals surface area (Å²) in [4.78, 5) is 31.6. The number of carbonyl (C=O) groups is 2. The fourth-order valence-corrected chi connectivity index (χ4v) is 4.01. The zero-order valence-corrected chi connectivity index (χ0v) is 16.5. The maximum Gasteiger partial charge on any atom is 0.419 e. The van der Waals surface area contributed by atoms with Crippen molar-refractivity contribution in [3.8, 4) is 0 Å². The Morgan fingerprint density at radius 1 is 1.34 bits per heavy atom. The molecule has 29 heavy (non-hydrogen) atoms. The summed E-state index contributed by atoms with van der Waals surface area (Å²) in [5.74, 6) is -0.375. The number of nitrogens with zero attached hydrogens (tertiary/aromatic N) is 3. The minimum Gasteiger partial charge on any atom is -0.355 e. The molecule has 2 aliphatic heterocycles. The molecule has 0 spiro atoms. The van der Waals surface area contributed by atoms with Crippen molar-refractivity contribution >= 4 is 17.6 Å². The van der Waals surface area contributed by atoms with Crippen LogP contribution >= 0.6 is 0 Å². The van der Waals surface area contributed by atoms with Crippen molar-refractivity contribution in [3.05, 3.63) is 23.9 Å². The molecular weight excluding hydrogens is 385 g/mol. The van der Waals surface area contributed by atoms with Gasteiger partial charge in [-0.2, -0.15) is 13.2 Å². The van der Waals surface area contributed by atoms with E-state index in [1.807, 2.05) is 11.8 Å². The lowest BCUT2D eigenvalue weighted by molar-refractivity contribution is -0.137. The first-order chi connectivity index (χ1) is 13.8. The van der Waals surface area contributed by atoms with Gasteiger partial charge in [0.1, 0.15) is 5.82 Å². The normalized spacial score (nSPS) is 21.4. The number of halogens is 3. The summed E-state index contributed by atoms with van der Waals surface area (Å²) in [6, 6.07) is 2.29. The number of nitrogens with one attached hydrogen (secondary N) is 1. The summed E-state index contributed by atoms with van der Waals surface area (Å²) in [6.45, 7) is 4.44. The highest BCUT2D eigenvalue weighted by molar-refractivity contribution is 5.80. The molecule has 160 valence electrons. The molecule has 1 aromatic rings. The summed E-state index contributed by atoms with van der Waals surface area (Å²) < 4.78 is 39.9. The number of amides is 2. The van der Waals surface area contributed by atoms with E-state index in [9.17, 15) is 22.8 Å². The lowest BCUT2D eigenvalue weighted by Crippen LogP contribution is -2.45. The number of aromatic nitrogens is 1. The molecule has 9 heteroatoms. The van der Waals surface area contributed by atoms with Crippen LogP contribution in [0.5, 0.6) is 0 Å². The number of anilines is 1. The monoisotopic (exact) mass is 412 g/mol. The zero-order chi connectivity index (χ0) is 21.0. The summed E-state index contributed by atoms with van der Waals surface area (Å²) >= 11 is 0. The van der Waals surface area contributed by atoms with Crippen molar-refractivity contribution in [2.75, 3.05) is 37.6 Å². The Balaban J connectivity index is 1.55. The summed E-state index contributed by atoms with van der Waals surface area (Å²) in [5.41, 5.74) is -0.773. The van der Waals surface area contributed by atoms with Gasteiger partial charge in [-0.25, -0.2) is 4.98 Å². The predicted octanol–water partition coefficient (Wildman–Crippen LogP) is 2.69. The molecule has 0 radical (unpaired) electrons. The van der Waals surface area contributed by atoms with Gasteiger partial charge < -0.3 is 15.1 Å².